The van der Waals surface area contributed by atoms with Crippen molar-refractivity contribution in [3.63, 3.8) is 0 Å². The first kappa shape index (κ1) is 15.2. The fourth-order valence-corrected chi connectivity index (χ4v) is 3.47. The Hall–Kier alpha value is -0.160. The van der Waals surface area contributed by atoms with E-state index in [9.17, 15) is 0 Å². The monoisotopic (exact) mass is 269 g/mol. The van der Waals surface area contributed by atoms with Crippen molar-refractivity contribution in [2.24, 2.45) is 5.73 Å². The summed E-state index contributed by atoms with van der Waals surface area (Å²) < 4.78 is 5.66. The first-order valence-electron chi connectivity index (χ1n) is 8.11. The molecular weight excluding hydrogens is 238 g/mol. The third kappa shape index (κ3) is 4.71. The van der Waals surface area contributed by atoms with Crippen molar-refractivity contribution in [1.82, 2.24) is 9.80 Å². The molecule has 2 N–H and O–H groups in total. The lowest BCUT2D eigenvalue weighted by Gasteiger charge is -2.40. The molecule has 2 saturated heterocycles. The van der Waals surface area contributed by atoms with Crippen LogP contribution in [-0.4, -0.2) is 67.8 Å². The van der Waals surface area contributed by atoms with E-state index >= 15 is 0 Å². The molecule has 4 nitrogen and oxygen atoms in total. The SMILES string of the molecule is CCOC(CN)CN1CCC(N2CCCCC2)CC1. The number of ether oxygens (including phenoxy) is 1. The van der Waals surface area contributed by atoms with E-state index in [2.05, 4.69) is 9.80 Å². The molecule has 2 aliphatic rings. The highest BCUT2D eigenvalue weighted by Gasteiger charge is 2.26. The molecule has 2 heterocycles. The molecule has 112 valence electrons. The molecule has 2 fully saturated rings. The normalized spacial score (nSPS) is 25.6. The van der Waals surface area contributed by atoms with Crippen LogP contribution in [-0.2, 0) is 4.74 Å². The van der Waals surface area contributed by atoms with Crippen molar-refractivity contribution in [2.45, 2.75) is 51.2 Å². The van der Waals surface area contributed by atoms with Crippen molar-refractivity contribution in [3.8, 4) is 0 Å². The Balaban J connectivity index is 1.69. The molecule has 0 aliphatic carbocycles. The van der Waals surface area contributed by atoms with Crippen molar-refractivity contribution in [3.05, 3.63) is 0 Å². The highest BCUT2D eigenvalue weighted by atomic mass is 16.5. The fourth-order valence-electron chi connectivity index (χ4n) is 3.47. The van der Waals surface area contributed by atoms with Gasteiger partial charge in [-0.1, -0.05) is 6.42 Å². The molecule has 0 aromatic rings. The summed E-state index contributed by atoms with van der Waals surface area (Å²) in [6.07, 6.45) is 7.10. The molecule has 0 spiro atoms. The molecule has 0 radical (unpaired) electrons. The number of hydrogen-bond acceptors (Lipinski definition) is 4. The molecule has 4 heteroatoms. The topological polar surface area (TPSA) is 41.7 Å². The second-order valence-electron chi connectivity index (χ2n) is 5.94. The Bertz CT molecular complexity index is 236. The van der Waals surface area contributed by atoms with Gasteiger partial charge < -0.3 is 20.3 Å². The predicted octanol–water partition coefficient (Wildman–Crippen LogP) is 1.30. The quantitative estimate of drug-likeness (QED) is 0.789. The molecule has 1 unspecified atom stereocenters. The molecule has 2 rings (SSSR count). The van der Waals surface area contributed by atoms with Gasteiger partial charge >= 0.3 is 0 Å². The zero-order valence-electron chi connectivity index (χ0n) is 12.5. The predicted molar refractivity (Wildman–Crippen MR) is 79.4 cm³/mol. The number of likely N-dealkylation sites (tertiary alicyclic amines) is 2. The average molecular weight is 269 g/mol. The zero-order valence-corrected chi connectivity index (χ0v) is 12.5. The Morgan fingerprint density at radius 1 is 1.11 bits per heavy atom. The molecule has 0 amide bonds. The number of nitrogens with two attached hydrogens (primary N) is 1. The van der Waals surface area contributed by atoms with E-state index in [0.717, 1.165) is 19.2 Å². The van der Waals surface area contributed by atoms with Crippen LogP contribution in [0.1, 0.15) is 39.0 Å². The van der Waals surface area contributed by atoms with Gasteiger partial charge in [0.1, 0.15) is 0 Å². The highest BCUT2D eigenvalue weighted by molar-refractivity contribution is 4.82. The summed E-state index contributed by atoms with van der Waals surface area (Å²) in [6.45, 7) is 9.55. The molecule has 0 bridgehead atoms. The van der Waals surface area contributed by atoms with Gasteiger partial charge in [-0.05, 0) is 58.8 Å². The summed E-state index contributed by atoms with van der Waals surface area (Å²) in [7, 11) is 0. The van der Waals surface area contributed by atoms with Gasteiger partial charge in [0.25, 0.3) is 0 Å². The second-order valence-corrected chi connectivity index (χ2v) is 5.94. The van der Waals surface area contributed by atoms with Crippen molar-refractivity contribution >= 4 is 0 Å². The largest absolute Gasteiger partial charge is 0.376 e. The van der Waals surface area contributed by atoms with Crippen LogP contribution < -0.4 is 5.73 Å². The molecule has 2 aliphatic heterocycles. The Morgan fingerprint density at radius 2 is 1.79 bits per heavy atom. The first-order chi connectivity index (χ1) is 9.33. The van der Waals surface area contributed by atoms with Crippen LogP contribution in [0.15, 0.2) is 0 Å². The lowest BCUT2D eigenvalue weighted by atomic mass is 9.99. The molecule has 19 heavy (non-hydrogen) atoms. The number of piperidine rings is 2. The van der Waals surface area contributed by atoms with E-state index < -0.39 is 0 Å². The summed E-state index contributed by atoms with van der Waals surface area (Å²) in [5.74, 6) is 0. The van der Waals surface area contributed by atoms with Crippen LogP contribution in [0.25, 0.3) is 0 Å². The van der Waals surface area contributed by atoms with Crippen LogP contribution in [0.3, 0.4) is 0 Å². The van der Waals surface area contributed by atoms with Crippen LogP contribution >= 0.6 is 0 Å². The second kappa shape index (κ2) is 8.20. The lowest BCUT2D eigenvalue weighted by molar-refractivity contribution is 0.0218. The van der Waals surface area contributed by atoms with Crippen molar-refractivity contribution in [1.29, 1.82) is 0 Å². The number of hydrogen-bond donors (Lipinski definition) is 1. The van der Waals surface area contributed by atoms with Gasteiger partial charge in [0, 0.05) is 25.7 Å². The van der Waals surface area contributed by atoms with Crippen LogP contribution in [0, 0.1) is 0 Å². The fraction of sp³-hybridized carbons (Fsp3) is 1.00. The van der Waals surface area contributed by atoms with Gasteiger partial charge in [0.2, 0.25) is 0 Å². The van der Waals surface area contributed by atoms with E-state index in [4.69, 9.17) is 10.5 Å². The average Bonchev–Trinajstić information content (AvgIpc) is 2.48. The smallest absolute Gasteiger partial charge is 0.0823 e. The third-order valence-corrected chi connectivity index (χ3v) is 4.59. The molecule has 1 atom stereocenters. The minimum Gasteiger partial charge on any atom is -0.376 e. The third-order valence-electron chi connectivity index (χ3n) is 4.59. The van der Waals surface area contributed by atoms with Crippen molar-refractivity contribution < 1.29 is 4.74 Å². The minimum absolute atomic E-state index is 0.219. The number of rotatable bonds is 6. The highest BCUT2D eigenvalue weighted by Crippen LogP contribution is 2.20. The molecular formula is C15H31N3O. The standard InChI is InChI=1S/C15H31N3O/c1-2-19-15(12-16)13-17-10-6-14(7-11-17)18-8-4-3-5-9-18/h14-15H,2-13,16H2,1H3. The van der Waals surface area contributed by atoms with Gasteiger partial charge in [-0.15, -0.1) is 0 Å². The molecule has 0 saturated carbocycles. The summed E-state index contributed by atoms with van der Waals surface area (Å²) in [4.78, 5) is 5.26. The maximum Gasteiger partial charge on any atom is 0.0823 e. The van der Waals surface area contributed by atoms with E-state index in [0.29, 0.717) is 6.54 Å². The Labute approximate surface area is 118 Å². The minimum atomic E-state index is 0.219. The maximum absolute atomic E-state index is 5.76. The summed E-state index contributed by atoms with van der Waals surface area (Å²) >= 11 is 0. The molecule has 0 aromatic heterocycles. The Kier molecular flexibility index (Phi) is 6.57. The van der Waals surface area contributed by atoms with Gasteiger partial charge in [-0.3, -0.25) is 0 Å². The van der Waals surface area contributed by atoms with Gasteiger partial charge in [-0.25, -0.2) is 0 Å². The van der Waals surface area contributed by atoms with Gasteiger partial charge in [0.15, 0.2) is 0 Å². The van der Waals surface area contributed by atoms with Crippen LogP contribution in [0.4, 0.5) is 0 Å². The van der Waals surface area contributed by atoms with E-state index in [1.807, 2.05) is 6.92 Å². The lowest BCUT2D eigenvalue weighted by Crippen LogP contribution is -2.49. The van der Waals surface area contributed by atoms with Gasteiger partial charge in [-0.2, -0.15) is 0 Å². The van der Waals surface area contributed by atoms with Crippen LogP contribution in [0.2, 0.25) is 0 Å². The summed E-state index contributed by atoms with van der Waals surface area (Å²) in [5, 5.41) is 0. The molecule has 0 aromatic carbocycles. The maximum atomic E-state index is 5.76. The first-order valence-corrected chi connectivity index (χ1v) is 8.11. The Morgan fingerprint density at radius 3 is 2.37 bits per heavy atom. The zero-order chi connectivity index (χ0) is 13.5. The van der Waals surface area contributed by atoms with E-state index in [1.165, 1.54) is 58.3 Å². The van der Waals surface area contributed by atoms with Gasteiger partial charge in [0.05, 0.1) is 6.10 Å². The van der Waals surface area contributed by atoms with Crippen LogP contribution in [0.5, 0.6) is 0 Å². The number of nitrogens with zero attached hydrogens (tertiary/aromatic N) is 2. The van der Waals surface area contributed by atoms with Crippen molar-refractivity contribution in [2.75, 3.05) is 45.9 Å². The summed E-state index contributed by atoms with van der Waals surface area (Å²) in [5.41, 5.74) is 5.76. The van der Waals surface area contributed by atoms with E-state index in [1.54, 1.807) is 0 Å². The van der Waals surface area contributed by atoms with E-state index in [-0.39, 0.29) is 6.10 Å². The summed E-state index contributed by atoms with van der Waals surface area (Å²) in [6, 6.07) is 0.833.